The molecule has 18 heavy (non-hydrogen) atoms. The van der Waals surface area contributed by atoms with Crippen molar-refractivity contribution < 1.29 is 9.15 Å². The molecule has 1 atom stereocenters. The molecule has 3 rings (SSSR count). The molecule has 0 amide bonds. The first-order valence-corrected chi connectivity index (χ1v) is 6.29. The Morgan fingerprint density at radius 2 is 2.39 bits per heavy atom. The standard InChI is InChI=1S/C13H17N3O2/c14-10-3-4-12-11(6-10)16-13(18-12)15-7-9-2-1-5-17-8-9/h3-4,6,9H,1-2,5,7-8,14H2,(H,15,16). The average molecular weight is 247 g/mol. The summed E-state index contributed by atoms with van der Waals surface area (Å²) in [4.78, 5) is 4.36. The Balaban J connectivity index is 1.67. The Labute approximate surface area is 105 Å². The van der Waals surface area contributed by atoms with Crippen molar-refractivity contribution in [2.24, 2.45) is 5.92 Å². The average Bonchev–Trinajstić information content (AvgIpc) is 2.79. The van der Waals surface area contributed by atoms with Crippen molar-refractivity contribution in [1.29, 1.82) is 0 Å². The van der Waals surface area contributed by atoms with Gasteiger partial charge in [0.15, 0.2) is 5.58 Å². The molecule has 1 saturated heterocycles. The molecule has 96 valence electrons. The summed E-state index contributed by atoms with van der Waals surface area (Å²) in [5, 5.41) is 3.22. The summed E-state index contributed by atoms with van der Waals surface area (Å²) in [6, 6.07) is 6.02. The fourth-order valence-electron chi connectivity index (χ4n) is 2.22. The number of hydrogen-bond donors (Lipinski definition) is 2. The molecule has 0 saturated carbocycles. The molecule has 1 fully saturated rings. The van der Waals surface area contributed by atoms with Gasteiger partial charge in [0.25, 0.3) is 6.01 Å². The lowest BCUT2D eigenvalue weighted by Gasteiger charge is -2.21. The number of aromatic nitrogens is 1. The maximum atomic E-state index is 5.71. The number of oxazole rings is 1. The van der Waals surface area contributed by atoms with Gasteiger partial charge in [-0.1, -0.05) is 0 Å². The predicted octanol–water partition coefficient (Wildman–Crippen LogP) is 2.25. The van der Waals surface area contributed by atoms with E-state index in [0.717, 1.165) is 37.3 Å². The van der Waals surface area contributed by atoms with Gasteiger partial charge in [-0.2, -0.15) is 4.98 Å². The van der Waals surface area contributed by atoms with Gasteiger partial charge in [-0.05, 0) is 37.0 Å². The normalized spacial score (nSPS) is 20.1. The van der Waals surface area contributed by atoms with Crippen molar-refractivity contribution in [1.82, 2.24) is 4.98 Å². The molecule has 5 heteroatoms. The number of rotatable bonds is 3. The fraction of sp³-hybridized carbons (Fsp3) is 0.462. The minimum Gasteiger partial charge on any atom is -0.424 e. The number of nitrogens with one attached hydrogen (secondary N) is 1. The van der Waals surface area contributed by atoms with E-state index in [2.05, 4.69) is 10.3 Å². The third kappa shape index (κ3) is 2.41. The maximum Gasteiger partial charge on any atom is 0.295 e. The molecule has 2 aromatic rings. The van der Waals surface area contributed by atoms with Crippen molar-refractivity contribution in [3.05, 3.63) is 18.2 Å². The minimum absolute atomic E-state index is 0.541. The monoisotopic (exact) mass is 247 g/mol. The van der Waals surface area contributed by atoms with Crippen LogP contribution < -0.4 is 11.1 Å². The predicted molar refractivity (Wildman–Crippen MR) is 70.5 cm³/mol. The van der Waals surface area contributed by atoms with E-state index in [1.807, 2.05) is 18.2 Å². The third-order valence-electron chi connectivity index (χ3n) is 3.21. The lowest BCUT2D eigenvalue weighted by atomic mass is 10.0. The number of benzene rings is 1. The summed E-state index contributed by atoms with van der Waals surface area (Å²) in [6.45, 7) is 2.54. The molecule has 1 aromatic heterocycles. The summed E-state index contributed by atoms with van der Waals surface area (Å²) >= 11 is 0. The van der Waals surface area contributed by atoms with Crippen molar-refractivity contribution in [2.75, 3.05) is 30.8 Å². The van der Waals surface area contributed by atoms with E-state index in [1.165, 1.54) is 6.42 Å². The van der Waals surface area contributed by atoms with Gasteiger partial charge >= 0.3 is 0 Å². The maximum absolute atomic E-state index is 5.71. The van der Waals surface area contributed by atoms with Crippen LogP contribution in [0.1, 0.15) is 12.8 Å². The van der Waals surface area contributed by atoms with Crippen LogP contribution in [0.25, 0.3) is 11.1 Å². The quantitative estimate of drug-likeness (QED) is 0.814. The van der Waals surface area contributed by atoms with Crippen LogP contribution in [0.2, 0.25) is 0 Å². The first-order valence-electron chi connectivity index (χ1n) is 6.29. The topological polar surface area (TPSA) is 73.3 Å². The lowest BCUT2D eigenvalue weighted by Crippen LogP contribution is -2.24. The smallest absolute Gasteiger partial charge is 0.295 e. The van der Waals surface area contributed by atoms with Crippen LogP contribution in [0.15, 0.2) is 22.6 Å². The second kappa shape index (κ2) is 4.86. The largest absolute Gasteiger partial charge is 0.424 e. The van der Waals surface area contributed by atoms with Gasteiger partial charge < -0.3 is 20.2 Å². The van der Waals surface area contributed by atoms with E-state index in [4.69, 9.17) is 14.9 Å². The Kier molecular flexibility index (Phi) is 3.06. The highest BCUT2D eigenvalue weighted by Gasteiger charge is 2.14. The van der Waals surface area contributed by atoms with Crippen LogP contribution in [0.3, 0.4) is 0 Å². The number of fused-ring (bicyclic) bond motifs is 1. The van der Waals surface area contributed by atoms with Crippen molar-refractivity contribution >= 4 is 22.8 Å². The third-order valence-corrected chi connectivity index (χ3v) is 3.21. The molecule has 5 nitrogen and oxygen atoms in total. The van der Waals surface area contributed by atoms with E-state index in [9.17, 15) is 0 Å². The van der Waals surface area contributed by atoms with E-state index in [1.54, 1.807) is 0 Å². The number of nitrogens with zero attached hydrogens (tertiary/aromatic N) is 1. The summed E-state index contributed by atoms with van der Waals surface area (Å²) < 4.78 is 11.0. The minimum atomic E-state index is 0.541. The lowest BCUT2D eigenvalue weighted by molar-refractivity contribution is 0.0593. The van der Waals surface area contributed by atoms with Crippen molar-refractivity contribution in [3.63, 3.8) is 0 Å². The van der Waals surface area contributed by atoms with Crippen LogP contribution in [-0.2, 0) is 4.74 Å². The molecule has 0 bridgehead atoms. The van der Waals surface area contributed by atoms with Gasteiger partial charge in [0, 0.05) is 18.8 Å². The van der Waals surface area contributed by atoms with Gasteiger partial charge in [0.2, 0.25) is 0 Å². The van der Waals surface area contributed by atoms with Crippen LogP contribution >= 0.6 is 0 Å². The van der Waals surface area contributed by atoms with Gasteiger partial charge in [-0.15, -0.1) is 0 Å². The molecule has 1 aliphatic rings. The first kappa shape index (κ1) is 11.3. The van der Waals surface area contributed by atoms with E-state index in [-0.39, 0.29) is 0 Å². The van der Waals surface area contributed by atoms with Gasteiger partial charge in [0.1, 0.15) is 5.52 Å². The SMILES string of the molecule is Nc1ccc2oc(NCC3CCCOC3)nc2c1. The Hall–Kier alpha value is -1.75. The zero-order valence-electron chi connectivity index (χ0n) is 10.2. The summed E-state index contributed by atoms with van der Waals surface area (Å²) in [7, 11) is 0. The molecule has 1 aromatic carbocycles. The highest BCUT2D eigenvalue weighted by Crippen LogP contribution is 2.22. The van der Waals surface area contributed by atoms with Crippen molar-refractivity contribution in [2.45, 2.75) is 12.8 Å². The molecule has 3 N–H and O–H groups in total. The molecular weight excluding hydrogens is 230 g/mol. The Bertz CT molecular complexity index is 532. The van der Waals surface area contributed by atoms with Gasteiger partial charge in [-0.3, -0.25) is 0 Å². The number of hydrogen-bond acceptors (Lipinski definition) is 5. The first-order chi connectivity index (χ1) is 8.81. The van der Waals surface area contributed by atoms with Crippen molar-refractivity contribution in [3.8, 4) is 0 Å². The summed E-state index contributed by atoms with van der Waals surface area (Å²) in [6.07, 6.45) is 2.33. The van der Waals surface area contributed by atoms with E-state index >= 15 is 0 Å². The number of anilines is 2. The highest BCUT2D eigenvalue weighted by molar-refractivity contribution is 5.78. The molecule has 0 spiro atoms. The van der Waals surface area contributed by atoms with E-state index in [0.29, 0.717) is 17.6 Å². The second-order valence-electron chi connectivity index (χ2n) is 4.71. The number of ether oxygens (including phenoxy) is 1. The summed E-state index contributed by atoms with van der Waals surface area (Å²) in [5.41, 5.74) is 7.95. The molecule has 1 unspecified atom stereocenters. The Morgan fingerprint density at radius 3 is 3.22 bits per heavy atom. The molecule has 0 aliphatic carbocycles. The molecular formula is C13H17N3O2. The van der Waals surface area contributed by atoms with Crippen LogP contribution in [0.5, 0.6) is 0 Å². The zero-order chi connectivity index (χ0) is 12.4. The molecule has 1 aliphatic heterocycles. The number of nitrogen functional groups attached to an aromatic ring is 1. The summed E-state index contributed by atoms with van der Waals surface area (Å²) in [5.74, 6) is 0.541. The zero-order valence-corrected chi connectivity index (χ0v) is 10.2. The van der Waals surface area contributed by atoms with Crippen LogP contribution in [0, 0.1) is 5.92 Å². The molecule has 0 radical (unpaired) electrons. The van der Waals surface area contributed by atoms with Gasteiger partial charge in [0.05, 0.1) is 6.61 Å². The van der Waals surface area contributed by atoms with E-state index < -0.39 is 0 Å². The van der Waals surface area contributed by atoms with Gasteiger partial charge in [-0.25, -0.2) is 0 Å². The molecule has 2 heterocycles. The highest BCUT2D eigenvalue weighted by atomic mass is 16.5. The van der Waals surface area contributed by atoms with Crippen LogP contribution in [-0.4, -0.2) is 24.7 Å². The fourth-order valence-corrected chi connectivity index (χ4v) is 2.22. The second-order valence-corrected chi connectivity index (χ2v) is 4.71. The Morgan fingerprint density at radius 1 is 1.44 bits per heavy atom. The number of nitrogens with two attached hydrogens (primary N) is 1. The van der Waals surface area contributed by atoms with Crippen LogP contribution in [0.4, 0.5) is 11.7 Å².